The summed E-state index contributed by atoms with van der Waals surface area (Å²) < 4.78 is 42.0. The molecule has 2 atom stereocenters. The van der Waals surface area contributed by atoms with Crippen LogP contribution in [0.25, 0.3) is 0 Å². The highest BCUT2D eigenvalue weighted by Crippen LogP contribution is 2.29. The molecule has 1 aromatic carbocycles. The Bertz CT molecular complexity index is 1150. The highest BCUT2D eigenvalue weighted by atomic mass is 19.1. The monoisotopic (exact) mass is 420 g/mol. The van der Waals surface area contributed by atoms with Gasteiger partial charge in [-0.15, -0.1) is 0 Å². The van der Waals surface area contributed by atoms with Crippen LogP contribution >= 0.6 is 0 Å². The summed E-state index contributed by atoms with van der Waals surface area (Å²) in [7, 11) is 0. The number of benzene rings is 1. The lowest BCUT2D eigenvalue weighted by Gasteiger charge is -2.44. The topological polar surface area (TPSA) is 101 Å². The van der Waals surface area contributed by atoms with Gasteiger partial charge in [0.1, 0.15) is 17.2 Å². The molecular formula is C20H19F2N3O5. The van der Waals surface area contributed by atoms with Gasteiger partial charge >= 0.3 is 0 Å². The molecule has 1 fully saturated rings. The van der Waals surface area contributed by atoms with E-state index in [1.54, 1.807) is 6.92 Å². The number of nitrogens with one attached hydrogen (secondary N) is 1. The molecule has 30 heavy (non-hydrogen) atoms. The van der Waals surface area contributed by atoms with Crippen molar-refractivity contribution in [3.63, 3.8) is 0 Å². The minimum atomic E-state index is -1.74. The van der Waals surface area contributed by atoms with Gasteiger partial charge in [0.15, 0.2) is 17.6 Å². The Morgan fingerprint density at radius 2 is 2.17 bits per heavy atom. The number of carbonyl (C=O) groups is 2. The minimum Gasteiger partial charge on any atom is -0.503 e. The average molecular weight is 420 g/mol. The fourth-order valence-electron chi connectivity index (χ4n) is 3.58. The van der Waals surface area contributed by atoms with Gasteiger partial charge in [0.05, 0.1) is 14.5 Å². The maximum atomic E-state index is 13.8. The zero-order valence-electron chi connectivity index (χ0n) is 16.9. The summed E-state index contributed by atoms with van der Waals surface area (Å²) in [4.78, 5) is 39.2. The second-order valence-electron chi connectivity index (χ2n) is 7.17. The van der Waals surface area contributed by atoms with E-state index < -0.39 is 46.4 Å². The Balaban J connectivity index is 1.66. The number of fused-ring (bicyclic) bond motifs is 2. The van der Waals surface area contributed by atoms with Crippen LogP contribution in [0.4, 0.5) is 8.78 Å². The van der Waals surface area contributed by atoms with Crippen molar-refractivity contribution in [2.75, 3.05) is 6.61 Å². The first-order valence-electron chi connectivity index (χ1n) is 9.78. The first-order valence-corrected chi connectivity index (χ1v) is 9.28. The van der Waals surface area contributed by atoms with Crippen LogP contribution in [0, 0.1) is 11.6 Å². The van der Waals surface area contributed by atoms with Crippen LogP contribution in [0.1, 0.15) is 41.1 Å². The molecule has 0 aliphatic carbocycles. The first-order chi connectivity index (χ1) is 14.6. The Morgan fingerprint density at radius 3 is 2.90 bits per heavy atom. The van der Waals surface area contributed by atoms with Gasteiger partial charge in [-0.3, -0.25) is 14.4 Å². The molecule has 2 N–H and O–H groups in total. The molecule has 1 aromatic heterocycles. The molecule has 0 saturated carbocycles. The SMILES string of the molecule is [2H][C@]12Cn3cc(C(=O)NCc4ccc(F)cc4F)c(=O)c(O)c3C(=O)N1[C@H](C)CCO2. The molecule has 4 rings (SSSR count). The standard InChI is InChI=1S/C20H19F2N3O5/c1-10-4-5-30-15-9-24-8-13(17(26)18(27)16(24)20(29)25(10)15)19(28)23-7-11-2-3-12(21)6-14(11)22/h2-3,6,8,10,15,27H,4-5,7,9H2,1H3,(H,23,28)/t10-,15+/m1/s1/i15D. The molecule has 3 heterocycles. The van der Waals surface area contributed by atoms with Crippen molar-refractivity contribution in [2.24, 2.45) is 0 Å². The number of pyridine rings is 1. The second kappa shape index (κ2) is 7.52. The number of aromatic hydroxyl groups is 1. The van der Waals surface area contributed by atoms with E-state index in [-0.39, 0.29) is 37.0 Å². The molecule has 2 aliphatic rings. The molecular weight excluding hydrogens is 400 g/mol. The fourth-order valence-corrected chi connectivity index (χ4v) is 3.58. The minimum absolute atomic E-state index is 0.00226. The lowest BCUT2D eigenvalue weighted by molar-refractivity contribution is -0.112. The van der Waals surface area contributed by atoms with Gasteiger partial charge in [-0.25, -0.2) is 8.78 Å². The van der Waals surface area contributed by atoms with E-state index in [0.717, 1.165) is 22.9 Å². The maximum Gasteiger partial charge on any atom is 0.276 e. The Hall–Kier alpha value is -3.27. The van der Waals surface area contributed by atoms with E-state index in [0.29, 0.717) is 12.5 Å². The number of nitrogens with zero attached hydrogens (tertiary/aromatic N) is 2. The van der Waals surface area contributed by atoms with E-state index in [1.807, 2.05) is 0 Å². The summed E-state index contributed by atoms with van der Waals surface area (Å²) in [6, 6.07) is 2.51. The molecule has 8 nitrogen and oxygen atoms in total. The van der Waals surface area contributed by atoms with Gasteiger partial charge in [-0.2, -0.15) is 0 Å². The maximum absolute atomic E-state index is 13.8. The Labute approximate surface area is 171 Å². The number of halogens is 2. The summed E-state index contributed by atoms with van der Waals surface area (Å²) in [5.41, 5.74) is -1.89. The fraction of sp³-hybridized carbons (Fsp3) is 0.350. The van der Waals surface area contributed by atoms with Gasteiger partial charge in [-0.1, -0.05) is 6.07 Å². The van der Waals surface area contributed by atoms with E-state index in [4.69, 9.17) is 6.11 Å². The van der Waals surface area contributed by atoms with Crippen molar-refractivity contribution in [3.8, 4) is 5.75 Å². The zero-order chi connectivity index (χ0) is 22.5. The summed E-state index contributed by atoms with van der Waals surface area (Å²) in [6.45, 7) is 1.44. The predicted molar refractivity (Wildman–Crippen MR) is 99.9 cm³/mol. The Kier molecular flexibility index (Phi) is 4.70. The summed E-state index contributed by atoms with van der Waals surface area (Å²) >= 11 is 0. The van der Waals surface area contributed by atoms with Gasteiger partial charge in [0, 0.05) is 30.4 Å². The van der Waals surface area contributed by atoms with E-state index in [9.17, 15) is 28.3 Å². The molecule has 2 aromatic rings. The second-order valence-corrected chi connectivity index (χ2v) is 7.17. The van der Waals surface area contributed by atoms with Crippen LogP contribution in [0.3, 0.4) is 0 Å². The van der Waals surface area contributed by atoms with Crippen LogP contribution in [0.2, 0.25) is 0 Å². The molecule has 2 aliphatic heterocycles. The highest BCUT2D eigenvalue weighted by molar-refractivity contribution is 5.99. The van der Waals surface area contributed by atoms with Crippen molar-refractivity contribution in [3.05, 3.63) is 63.1 Å². The molecule has 158 valence electrons. The third-order valence-electron chi connectivity index (χ3n) is 5.20. The third kappa shape index (κ3) is 3.32. The van der Waals surface area contributed by atoms with Gasteiger partial charge < -0.3 is 24.6 Å². The number of amides is 2. The van der Waals surface area contributed by atoms with E-state index in [1.165, 1.54) is 4.90 Å². The number of ether oxygens (including phenoxy) is 1. The third-order valence-corrected chi connectivity index (χ3v) is 5.20. The number of rotatable bonds is 3. The van der Waals surface area contributed by atoms with Crippen LogP contribution < -0.4 is 10.7 Å². The quantitative estimate of drug-likeness (QED) is 0.781. The molecule has 0 bridgehead atoms. The molecule has 0 unspecified atom stereocenters. The normalized spacial score (nSPS) is 23.4. The predicted octanol–water partition coefficient (Wildman–Crippen LogP) is 1.35. The average Bonchev–Trinajstić information content (AvgIpc) is 2.69. The molecule has 1 saturated heterocycles. The van der Waals surface area contributed by atoms with Crippen molar-refractivity contribution in [2.45, 2.75) is 38.7 Å². The van der Waals surface area contributed by atoms with Crippen molar-refractivity contribution >= 4 is 11.8 Å². The summed E-state index contributed by atoms with van der Waals surface area (Å²) in [5, 5.41) is 12.7. The molecule has 10 heteroatoms. The number of hydrogen-bond donors (Lipinski definition) is 2. The van der Waals surface area contributed by atoms with Crippen molar-refractivity contribution in [1.29, 1.82) is 0 Å². The van der Waals surface area contributed by atoms with Gasteiger partial charge in [0.25, 0.3) is 11.8 Å². The molecule has 2 amide bonds. The zero-order valence-corrected chi connectivity index (χ0v) is 15.9. The van der Waals surface area contributed by atoms with E-state index in [2.05, 4.69) is 5.32 Å². The van der Waals surface area contributed by atoms with E-state index >= 15 is 0 Å². The smallest absolute Gasteiger partial charge is 0.276 e. The molecule has 0 spiro atoms. The first kappa shape index (κ1) is 18.7. The van der Waals surface area contributed by atoms with Gasteiger partial charge in [-0.05, 0) is 19.4 Å². The molecule has 0 radical (unpaired) electrons. The van der Waals surface area contributed by atoms with Crippen LogP contribution in [-0.2, 0) is 17.8 Å². The van der Waals surface area contributed by atoms with Crippen LogP contribution in [-0.4, -0.2) is 45.2 Å². The number of carbonyl (C=O) groups excluding carboxylic acids is 2. The number of aromatic nitrogens is 1. The summed E-state index contributed by atoms with van der Waals surface area (Å²) in [5.74, 6) is -4.22. The van der Waals surface area contributed by atoms with Crippen LogP contribution in [0.15, 0.2) is 29.2 Å². The highest BCUT2D eigenvalue weighted by Gasteiger charge is 2.41. The number of hydrogen-bond acceptors (Lipinski definition) is 5. The Morgan fingerprint density at radius 1 is 1.40 bits per heavy atom. The lowest BCUT2D eigenvalue weighted by Crippen LogP contribution is -2.57. The van der Waals surface area contributed by atoms with Crippen molar-refractivity contribution in [1.82, 2.24) is 14.8 Å². The van der Waals surface area contributed by atoms with Crippen molar-refractivity contribution < 1.29 is 29.6 Å². The summed E-state index contributed by atoms with van der Waals surface area (Å²) in [6.07, 6.45) is -0.173. The van der Waals surface area contributed by atoms with Gasteiger partial charge in [0.2, 0.25) is 5.43 Å². The van der Waals surface area contributed by atoms with Crippen LogP contribution in [0.5, 0.6) is 5.75 Å². The largest absolute Gasteiger partial charge is 0.503 e. The lowest BCUT2D eigenvalue weighted by atomic mass is 10.1.